The van der Waals surface area contributed by atoms with Gasteiger partial charge in [0.15, 0.2) is 0 Å². The van der Waals surface area contributed by atoms with Crippen molar-refractivity contribution in [1.29, 1.82) is 0 Å². The predicted octanol–water partition coefficient (Wildman–Crippen LogP) is 3.49. The van der Waals surface area contributed by atoms with Gasteiger partial charge in [0, 0.05) is 26.3 Å². The molecule has 26 heavy (non-hydrogen) atoms. The molecule has 0 saturated carbocycles. The zero-order valence-electron chi connectivity index (χ0n) is 15.7. The van der Waals surface area contributed by atoms with Gasteiger partial charge in [-0.2, -0.15) is 5.10 Å². The molecule has 0 aliphatic carbocycles. The summed E-state index contributed by atoms with van der Waals surface area (Å²) in [4.78, 5) is 14.8. The SMILES string of the molecule is Cc1nn(-c2ccccc2)c(C)c1C(=O)NCc1ccc(N(C)C)cc1. The summed E-state index contributed by atoms with van der Waals surface area (Å²) in [5.41, 5.74) is 5.36. The molecule has 0 radical (unpaired) electrons. The number of aryl methyl sites for hydroxylation is 1. The fraction of sp³-hybridized carbons (Fsp3) is 0.238. The zero-order valence-corrected chi connectivity index (χ0v) is 15.7. The lowest BCUT2D eigenvalue weighted by Gasteiger charge is -2.13. The third kappa shape index (κ3) is 3.61. The molecular weight excluding hydrogens is 324 g/mol. The molecule has 0 saturated heterocycles. The second kappa shape index (κ2) is 7.44. The van der Waals surface area contributed by atoms with E-state index in [0.29, 0.717) is 12.1 Å². The van der Waals surface area contributed by atoms with Crippen molar-refractivity contribution in [2.45, 2.75) is 20.4 Å². The molecule has 0 unspecified atom stereocenters. The molecule has 5 nitrogen and oxygen atoms in total. The third-order valence-corrected chi connectivity index (χ3v) is 4.42. The Labute approximate surface area is 154 Å². The molecule has 0 aliphatic heterocycles. The molecule has 5 heteroatoms. The van der Waals surface area contributed by atoms with E-state index >= 15 is 0 Å². The van der Waals surface area contributed by atoms with Crippen LogP contribution in [0.2, 0.25) is 0 Å². The van der Waals surface area contributed by atoms with Crippen molar-refractivity contribution in [3.8, 4) is 5.69 Å². The molecule has 1 aromatic heterocycles. The van der Waals surface area contributed by atoms with E-state index in [1.54, 1.807) is 0 Å². The van der Waals surface area contributed by atoms with Gasteiger partial charge in [0.25, 0.3) is 5.91 Å². The number of amides is 1. The van der Waals surface area contributed by atoms with Crippen LogP contribution in [0.5, 0.6) is 0 Å². The number of aromatic nitrogens is 2. The normalized spacial score (nSPS) is 10.6. The van der Waals surface area contributed by atoms with Crippen LogP contribution in [0.3, 0.4) is 0 Å². The number of hydrogen-bond acceptors (Lipinski definition) is 3. The van der Waals surface area contributed by atoms with Crippen LogP contribution in [0, 0.1) is 13.8 Å². The number of benzene rings is 2. The van der Waals surface area contributed by atoms with Crippen molar-refractivity contribution in [1.82, 2.24) is 15.1 Å². The first kappa shape index (κ1) is 17.7. The van der Waals surface area contributed by atoms with Gasteiger partial charge in [-0.3, -0.25) is 4.79 Å². The number of hydrogen-bond donors (Lipinski definition) is 1. The summed E-state index contributed by atoms with van der Waals surface area (Å²) in [6, 6.07) is 18.0. The van der Waals surface area contributed by atoms with Gasteiger partial charge in [-0.25, -0.2) is 4.68 Å². The number of anilines is 1. The lowest BCUT2D eigenvalue weighted by Crippen LogP contribution is -2.24. The van der Waals surface area contributed by atoms with Gasteiger partial charge in [-0.05, 0) is 43.7 Å². The summed E-state index contributed by atoms with van der Waals surface area (Å²) in [5.74, 6) is -0.0983. The highest BCUT2D eigenvalue weighted by atomic mass is 16.1. The Morgan fingerprint density at radius 3 is 2.31 bits per heavy atom. The van der Waals surface area contributed by atoms with E-state index in [1.165, 1.54) is 0 Å². The zero-order chi connectivity index (χ0) is 18.7. The highest BCUT2D eigenvalue weighted by Crippen LogP contribution is 2.18. The second-order valence-corrected chi connectivity index (χ2v) is 6.54. The van der Waals surface area contributed by atoms with Gasteiger partial charge < -0.3 is 10.2 Å². The lowest BCUT2D eigenvalue weighted by molar-refractivity contribution is 0.0949. The van der Waals surface area contributed by atoms with E-state index in [4.69, 9.17) is 0 Å². The highest BCUT2D eigenvalue weighted by molar-refractivity contribution is 5.96. The van der Waals surface area contributed by atoms with Crippen LogP contribution in [-0.2, 0) is 6.54 Å². The summed E-state index contributed by atoms with van der Waals surface area (Å²) in [5, 5.41) is 7.54. The van der Waals surface area contributed by atoms with Crippen LogP contribution in [-0.4, -0.2) is 29.8 Å². The molecule has 0 bridgehead atoms. The van der Waals surface area contributed by atoms with Gasteiger partial charge in [-0.15, -0.1) is 0 Å². The maximum absolute atomic E-state index is 12.7. The topological polar surface area (TPSA) is 50.2 Å². The summed E-state index contributed by atoms with van der Waals surface area (Å²) in [6.45, 7) is 4.28. The van der Waals surface area contributed by atoms with Gasteiger partial charge in [-0.1, -0.05) is 30.3 Å². The fourth-order valence-corrected chi connectivity index (χ4v) is 2.97. The van der Waals surface area contributed by atoms with Gasteiger partial charge in [0.05, 0.1) is 22.6 Å². The Morgan fingerprint density at radius 2 is 1.69 bits per heavy atom. The monoisotopic (exact) mass is 348 g/mol. The molecule has 0 aliphatic rings. The molecule has 0 atom stereocenters. The fourth-order valence-electron chi connectivity index (χ4n) is 2.97. The van der Waals surface area contributed by atoms with Crippen molar-refractivity contribution in [3.05, 3.63) is 77.1 Å². The largest absolute Gasteiger partial charge is 0.378 e. The van der Waals surface area contributed by atoms with Crippen LogP contribution in [0.15, 0.2) is 54.6 Å². The molecule has 134 valence electrons. The van der Waals surface area contributed by atoms with E-state index in [1.807, 2.05) is 92.1 Å². The van der Waals surface area contributed by atoms with Crippen LogP contribution >= 0.6 is 0 Å². The summed E-state index contributed by atoms with van der Waals surface area (Å²) in [6.07, 6.45) is 0. The average molecular weight is 348 g/mol. The molecule has 2 aromatic carbocycles. The van der Waals surface area contributed by atoms with Crippen molar-refractivity contribution in [2.24, 2.45) is 0 Å². The number of rotatable bonds is 5. The molecule has 1 N–H and O–H groups in total. The first-order chi connectivity index (χ1) is 12.5. The minimum absolute atomic E-state index is 0.0983. The van der Waals surface area contributed by atoms with E-state index < -0.39 is 0 Å². The maximum atomic E-state index is 12.7. The van der Waals surface area contributed by atoms with Crippen molar-refractivity contribution < 1.29 is 4.79 Å². The Morgan fingerprint density at radius 1 is 1.04 bits per heavy atom. The minimum Gasteiger partial charge on any atom is -0.378 e. The van der Waals surface area contributed by atoms with Crippen LogP contribution in [0.1, 0.15) is 27.3 Å². The number of carbonyl (C=O) groups is 1. The maximum Gasteiger partial charge on any atom is 0.255 e. The molecule has 0 fully saturated rings. The number of carbonyl (C=O) groups excluding carboxylic acids is 1. The van der Waals surface area contributed by atoms with E-state index in [-0.39, 0.29) is 5.91 Å². The highest BCUT2D eigenvalue weighted by Gasteiger charge is 2.19. The first-order valence-corrected chi connectivity index (χ1v) is 8.63. The predicted molar refractivity (Wildman–Crippen MR) is 105 cm³/mol. The Hall–Kier alpha value is -3.08. The molecule has 3 rings (SSSR count). The van der Waals surface area contributed by atoms with E-state index in [2.05, 4.69) is 10.4 Å². The molecule has 3 aromatic rings. The summed E-state index contributed by atoms with van der Waals surface area (Å²) < 4.78 is 1.82. The number of para-hydroxylation sites is 1. The summed E-state index contributed by atoms with van der Waals surface area (Å²) in [7, 11) is 4.01. The minimum atomic E-state index is -0.0983. The van der Waals surface area contributed by atoms with Crippen molar-refractivity contribution in [3.63, 3.8) is 0 Å². The van der Waals surface area contributed by atoms with Crippen molar-refractivity contribution >= 4 is 11.6 Å². The quantitative estimate of drug-likeness (QED) is 0.768. The Bertz CT molecular complexity index is 896. The van der Waals surface area contributed by atoms with Gasteiger partial charge in [0.2, 0.25) is 0 Å². The molecular formula is C21H24N4O. The van der Waals surface area contributed by atoms with Crippen LogP contribution < -0.4 is 10.2 Å². The third-order valence-electron chi connectivity index (χ3n) is 4.42. The van der Waals surface area contributed by atoms with E-state index in [9.17, 15) is 4.79 Å². The first-order valence-electron chi connectivity index (χ1n) is 8.63. The second-order valence-electron chi connectivity index (χ2n) is 6.54. The number of nitrogens with one attached hydrogen (secondary N) is 1. The van der Waals surface area contributed by atoms with Crippen LogP contribution in [0.25, 0.3) is 5.69 Å². The Kier molecular flexibility index (Phi) is 5.07. The van der Waals surface area contributed by atoms with Crippen molar-refractivity contribution in [2.75, 3.05) is 19.0 Å². The van der Waals surface area contributed by atoms with Gasteiger partial charge in [0.1, 0.15) is 0 Å². The molecule has 1 amide bonds. The Balaban J connectivity index is 1.75. The molecule has 0 spiro atoms. The summed E-state index contributed by atoms with van der Waals surface area (Å²) >= 11 is 0. The van der Waals surface area contributed by atoms with E-state index in [0.717, 1.165) is 28.3 Å². The van der Waals surface area contributed by atoms with Gasteiger partial charge >= 0.3 is 0 Å². The average Bonchev–Trinajstić information content (AvgIpc) is 2.95. The molecule has 1 heterocycles. The number of nitrogens with zero attached hydrogens (tertiary/aromatic N) is 3. The smallest absolute Gasteiger partial charge is 0.255 e. The lowest BCUT2D eigenvalue weighted by atomic mass is 10.1. The van der Waals surface area contributed by atoms with Crippen LogP contribution in [0.4, 0.5) is 5.69 Å². The standard InChI is InChI=1S/C21H24N4O/c1-15-20(16(2)25(23-15)19-8-6-5-7-9-19)21(26)22-14-17-10-12-18(13-11-17)24(3)4/h5-13H,14H2,1-4H3,(H,22,26).